The van der Waals surface area contributed by atoms with Gasteiger partial charge < -0.3 is 9.88 Å². The quantitative estimate of drug-likeness (QED) is 0.928. The van der Waals surface area contributed by atoms with Crippen molar-refractivity contribution in [1.29, 1.82) is 0 Å². The average molecular weight is 270 g/mol. The molecule has 1 aromatic carbocycles. The van der Waals surface area contributed by atoms with Crippen LogP contribution >= 0.6 is 0 Å². The predicted octanol–water partition coefficient (Wildman–Crippen LogP) is 3.18. The number of fused-ring (bicyclic) bond motifs is 1. The molecule has 2 heterocycles. The monoisotopic (exact) mass is 270 g/mol. The van der Waals surface area contributed by atoms with E-state index in [2.05, 4.69) is 51.3 Å². The second-order valence-corrected chi connectivity index (χ2v) is 5.40. The molecule has 1 N–H and O–H groups in total. The van der Waals surface area contributed by atoms with E-state index in [1.54, 1.807) is 0 Å². The number of hydrogen-bond donors (Lipinski definition) is 1. The van der Waals surface area contributed by atoms with Crippen molar-refractivity contribution in [2.75, 3.05) is 5.32 Å². The van der Waals surface area contributed by atoms with Gasteiger partial charge >= 0.3 is 0 Å². The summed E-state index contributed by atoms with van der Waals surface area (Å²) in [6.45, 7) is 3.99. The molecule has 1 aliphatic rings. The molecule has 2 aromatic rings. The van der Waals surface area contributed by atoms with Gasteiger partial charge in [0.1, 0.15) is 5.82 Å². The van der Waals surface area contributed by atoms with E-state index in [4.69, 9.17) is 0 Å². The number of aromatic nitrogens is 3. The van der Waals surface area contributed by atoms with E-state index < -0.39 is 0 Å². The number of benzene rings is 1. The van der Waals surface area contributed by atoms with Crippen LogP contribution < -0.4 is 5.32 Å². The van der Waals surface area contributed by atoms with Gasteiger partial charge in [0, 0.05) is 18.7 Å². The standard InChI is InChI=1S/C16H22N4/c1-2-13-7-9-14(10-8-13)17-12-16-19-18-15-6-4-3-5-11-20(15)16/h7-10,17H,2-6,11-12H2,1H3. The zero-order valence-corrected chi connectivity index (χ0v) is 12.1. The van der Waals surface area contributed by atoms with Crippen LogP contribution in [-0.4, -0.2) is 14.8 Å². The van der Waals surface area contributed by atoms with Crippen molar-refractivity contribution in [3.05, 3.63) is 41.5 Å². The molecule has 0 bridgehead atoms. The van der Waals surface area contributed by atoms with E-state index in [1.165, 1.54) is 24.8 Å². The molecular formula is C16H22N4. The minimum Gasteiger partial charge on any atom is -0.378 e. The van der Waals surface area contributed by atoms with E-state index in [0.717, 1.165) is 43.3 Å². The van der Waals surface area contributed by atoms with Gasteiger partial charge in [-0.1, -0.05) is 25.5 Å². The minimum atomic E-state index is 0.748. The normalized spacial score (nSPS) is 14.7. The minimum absolute atomic E-state index is 0.748. The molecule has 0 fully saturated rings. The molecule has 1 aromatic heterocycles. The summed E-state index contributed by atoms with van der Waals surface area (Å²) in [6, 6.07) is 8.62. The highest BCUT2D eigenvalue weighted by molar-refractivity contribution is 5.44. The van der Waals surface area contributed by atoms with Gasteiger partial charge in [-0.15, -0.1) is 10.2 Å². The fraction of sp³-hybridized carbons (Fsp3) is 0.500. The molecule has 0 unspecified atom stereocenters. The van der Waals surface area contributed by atoms with Crippen molar-refractivity contribution in [2.24, 2.45) is 0 Å². The Bertz CT molecular complexity index is 556. The molecule has 1 aliphatic heterocycles. The second kappa shape index (κ2) is 6.07. The third-order valence-electron chi connectivity index (χ3n) is 4.00. The number of hydrogen-bond acceptors (Lipinski definition) is 3. The molecule has 0 radical (unpaired) electrons. The Labute approximate surface area is 120 Å². The molecular weight excluding hydrogens is 248 g/mol. The Morgan fingerprint density at radius 3 is 2.75 bits per heavy atom. The first kappa shape index (κ1) is 13.2. The molecule has 0 saturated heterocycles. The van der Waals surface area contributed by atoms with Gasteiger partial charge in [0.15, 0.2) is 5.82 Å². The van der Waals surface area contributed by atoms with Crippen LogP contribution in [0.4, 0.5) is 5.69 Å². The third-order valence-corrected chi connectivity index (χ3v) is 4.00. The Morgan fingerprint density at radius 1 is 1.10 bits per heavy atom. The van der Waals surface area contributed by atoms with E-state index >= 15 is 0 Å². The van der Waals surface area contributed by atoms with Gasteiger partial charge in [0.25, 0.3) is 0 Å². The highest BCUT2D eigenvalue weighted by atomic mass is 15.3. The van der Waals surface area contributed by atoms with Crippen LogP contribution in [0.1, 0.15) is 43.4 Å². The van der Waals surface area contributed by atoms with E-state index in [-0.39, 0.29) is 0 Å². The Morgan fingerprint density at radius 2 is 1.95 bits per heavy atom. The first-order valence-corrected chi connectivity index (χ1v) is 7.60. The highest BCUT2D eigenvalue weighted by Gasteiger charge is 2.14. The molecule has 0 atom stereocenters. The molecule has 0 saturated carbocycles. The lowest BCUT2D eigenvalue weighted by molar-refractivity contribution is 0.610. The molecule has 20 heavy (non-hydrogen) atoms. The van der Waals surface area contributed by atoms with Crippen LogP contribution in [0.15, 0.2) is 24.3 Å². The van der Waals surface area contributed by atoms with Gasteiger partial charge in [-0.3, -0.25) is 0 Å². The van der Waals surface area contributed by atoms with E-state index in [9.17, 15) is 0 Å². The molecule has 106 valence electrons. The van der Waals surface area contributed by atoms with Gasteiger partial charge in [-0.2, -0.15) is 0 Å². The smallest absolute Gasteiger partial charge is 0.152 e. The van der Waals surface area contributed by atoms with E-state index in [1.807, 2.05) is 0 Å². The van der Waals surface area contributed by atoms with Crippen molar-refractivity contribution < 1.29 is 0 Å². The summed E-state index contributed by atoms with van der Waals surface area (Å²) in [5.74, 6) is 2.21. The highest BCUT2D eigenvalue weighted by Crippen LogP contribution is 2.16. The maximum atomic E-state index is 4.34. The molecule has 4 nitrogen and oxygen atoms in total. The van der Waals surface area contributed by atoms with Gasteiger partial charge in [0.05, 0.1) is 6.54 Å². The number of anilines is 1. The van der Waals surface area contributed by atoms with E-state index in [0.29, 0.717) is 0 Å². The summed E-state index contributed by atoms with van der Waals surface area (Å²) < 4.78 is 2.29. The summed E-state index contributed by atoms with van der Waals surface area (Å²) in [6.07, 6.45) is 5.93. The van der Waals surface area contributed by atoms with Crippen molar-refractivity contribution in [3.8, 4) is 0 Å². The zero-order chi connectivity index (χ0) is 13.8. The zero-order valence-electron chi connectivity index (χ0n) is 12.1. The van der Waals surface area contributed by atoms with Crippen LogP contribution in [0.3, 0.4) is 0 Å². The van der Waals surface area contributed by atoms with Crippen LogP contribution in [0.5, 0.6) is 0 Å². The van der Waals surface area contributed by atoms with Crippen molar-refractivity contribution in [3.63, 3.8) is 0 Å². The van der Waals surface area contributed by atoms with Crippen molar-refractivity contribution in [2.45, 2.75) is 52.1 Å². The van der Waals surface area contributed by atoms with Crippen LogP contribution in [0.2, 0.25) is 0 Å². The lowest BCUT2D eigenvalue weighted by Gasteiger charge is -2.09. The summed E-state index contributed by atoms with van der Waals surface area (Å²) >= 11 is 0. The topological polar surface area (TPSA) is 42.7 Å². The summed E-state index contributed by atoms with van der Waals surface area (Å²) in [5.41, 5.74) is 2.51. The SMILES string of the molecule is CCc1ccc(NCc2nnc3n2CCCCC3)cc1. The predicted molar refractivity (Wildman–Crippen MR) is 80.7 cm³/mol. The Balaban J connectivity index is 1.67. The number of nitrogens with one attached hydrogen (secondary N) is 1. The third kappa shape index (κ3) is 2.84. The fourth-order valence-electron chi connectivity index (χ4n) is 2.72. The lowest BCUT2D eigenvalue weighted by atomic mass is 10.1. The Kier molecular flexibility index (Phi) is 4.00. The molecule has 0 spiro atoms. The van der Waals surface area contributed by atoms with Gasteiger partial charge in [-0.25, -0.2) is 0 Å². The number of nitrogens with zero attached hydrogens (tertiary/aromatic N) is 3. The van der Waals surface area contributed by atoms with Crippen LogP contribution in [0, 0.1) is 0 Å². The maximum absolute atomic E-state index is 4.34. The molecule has 0 amide bonds. The van der Waals surface area contributed by atoms with Gasteiger partial charge in [-0.05, 0) is 37.0 Å². The number of rotatable bonds is 4. The lowest BCUT2D eigenvalue weighted by Crippen LogP contribution is -2.10. The van der Waals surface area contributed by atoms with Crippen molar-refractivity contribution >= 4 is 5.69 Å². The summed E-state index contributed by atoms with van der Waals surface area (Å²) in [7, 11) is 0. The molecule has 4 heteroatoms. The summed E-state index contributed by atoms with van der Waals surface area (Å²) in [5, 5.41) is 12.1. The molecule has 3 rings (SSSR count). The summed E-state index contributed by atoms with van der Waals surface area (Å²) in [4.78, 5) is 0. The largest absolute Gasteiger partial charge is 0.378 e. The van der Waals surface area contributed by atoms with Crippen LogP contribution in [0.25, 0.3) is 0 Å². The second-order valence-electron chi connectivity index (χ2n) is 5.40. The number of aryl methyl sites for hydroxylation is 2. The maximum Gasteiger partial charge on any atom is 0.152 e. The Hall–Kier alpha value is -1.84. The first-order valence-electron chi connectivity index (χ1n) is 7.60. The average Bonchev–Trinajstić information content (AvgIpc) is 2.72. The van der Waals surface area contributed by atoms with Gasteiger partial charge in [0.2, 0.25) is 0 Å². The van der Waals surface area contributed by atoms with Crippen molar-refractivity contribution in [1.82, 2.24) is 14.8 Å². The van der Waals surface area contributed by atoms with Crippen LogP contribution in [-0.2, 0) is 25.9 Å². The first-order chi connectivity index (χ1) is 9.86. The fourth-order valence-corrected chi connectivity index (χ4v) is 2.72. The molecule has 0 aliphatic carbocycles.